The van der Waals surface area contributed by atoms with E-state index in [-0.39, 0.29) is 5.69 Å². The van der Waals surface area contributed by atoms with Crippen LogP contribution in [-0.2, 0) is 19.6 Å². The molecule has 1 aliphatic heterocycles. The van der Waals surface area contributed by atoms with Crippen LogP contribution >= 0.6 is 15.9 Å². The van der Waals surface area contributed by atoms with Crippen LogP contribution in [0.5, 0.6) is 5.75 Å². The van der Waals surface area contributed by atoms with E-state index in [1.54, 1.807) is 4.57 Å². The highest BCUT2D eigenvalue weighted by molar-refractivity contribution is 9.10. The molecule has 24 heavy (non-hydrogen) atoms. The van der Waals surface area contributed by atoms with E-state index in [9.17, 15) is 4.79 Å². The lowest BCUT2D eigenvalue weighted by atomic mass is 10.0. The number of nitrogens with one attached hydrogen (secondary N) is 1. The second kappa shape index (κ2) is 6.28. The summed E-state index contributed by atoms with van der Waals surface area (Å²) in [5.41, 5.74) is 3.14. The normalized spacial score (nSPS) is 13.0. The Kier molecular flexibility index (Phi) is 3.98. The molecular formula is C18H16BrN3O2. The molecule has 0 unspecified atom stereocenters. The fraction of sp³-hybridized carbons (Fsp3) is 0.222. The Morgan fingerprint density at radius 2 is 2.04 bits per heavy atom. The number of rotatable bonds is 3. The number of halogens is 1. The number of fused-ring (bicyclic) bond motifs is 3. The Morgan fingerprint density at radius 1 is 1.21 bits per heavy atom. The van der Waals surface area contributed by atoms with Crippen molar-refractivity contribution in [2.75, 3.05) is 0 Å². The van der Waals surface area contributed by atoms with Crippen LogP contribution in [0, 0.1) is 0 Å². The molecule has 0 atom stereocenters. The van der Waals surface area contributed by atoms with Crippen molar-refractivity contribution < 1.29 is 4.74 Å². The summed E-state index contributed by atoms with van der Waals surface area (Å²) in [6.07, 6.45) is 1.82. The smallest absolute Gasteiger partial charge is 0.343 e. The van der Waals surface area contributed by atoms with Gasteiger partial charge in [-0.05, 0) is 54.3 Å². The minimum Gasteiger partial charge on any atom is -0.489 e. The third-order valence-corrected chi connectivity index (χ3v) is 4.75. The third kappa shape index (κ3) is 2.89. The van der Waals surface area contributed by atoms with Gasteiger partial charge in [0.05, 0.1) is 0 Å². The number of ether oxygens (including phenoxy) is 1. The van der Waals surface area contributed by atoms with Crippen molar-refractivity contribution in [1.82, 2.24) is 14.8 Å². The Hall–Kier alpha value is -2.34. The van der Waals surface area contributed by atoms with Crippen molar-refractivity contribution in [3.05, 3.63) is 68.5 Å². The second-order valence-electron chi connectivity index (χ2n) is 5.84. The van der Waals surface area contributed by atoms with E-state index in [1.165, 1.54) is 5.56 Å². The van der Waals surface area contributed by atoms with Gasteiger partial charge in [-0.15, -0.1) is 0 Å². The maximum Gasteiger partial charge on any atom is 0.343 e. The molecule has 122 valence electrons. The number of aromatic nitrogens is 3. The highest BCUT2D eigenvalue weighted by Crippen LogP contribution is 2.29. The number of benzene rings is 2. The van der Waals surface area contributed by atoms with E-state index >= 15 is 0 Å². The van der Waals surface area contributed by atoms with Crippen molar-refractivity contribution in [1.29, 1.82) is 0 Å². The second-order valence-corrected chi connectivity index (χ2v) is 6.76. The minimum absolute atomic E-state index is 0.145. The molecule has 2 aromatic carbocycles. The molecule has 3 aromatic rings. The van der Waals surface area contributed by atoms with Crippen molar-refractivity contribution >= 4 is 15.9 Å². The van der Waals surface area contributed by atoms with Crippen LogP contribution in [0.4, 0.5) is 0 Å². The molecule has 0 bridgehead atoms. The average Bonchev–Trinajstić information content (AvgIpc) is 2.85. The number of aromatic amines is 1. The molecule has 0 fully saturated rings. The largest absolute Gasteiger partial charge is 0.489 e. The highest BCUT2D eigenvalue weighted by Gasteiger charge is 2.18. The molecule has 0 amide bonds. The van der Waals surface area contributed by atoms with Gasteiger partial charge in [0.1, 0.15) is 12.4 Å². The summed E-state index contributed by atoms with van der Waals surface area (Å²) in [5.74, 6) is 1.55. The number of hydrogen-bond donors (Lipinski definition) is 1. The van der Waals surface area contributed by atoms with Crippen LogP contribution in [0.3, 0.4) is 0 Å². The number of hydrogen-bond acceptors (Lipinski definition) is 3. The fourth-order valence-corrected chi connectivity index (χ4v) is 3.25. The summed E-state index contributed by atoms with van der Waals surface area (Å²) >= 11 is 3.43. The van der Waals surface area contributed by atoms with Crippen LogP contribution in [-0.4, -0.2) is 14.8 Å². The van der Waals surface area contributed by atoms with E-state index in [0.717, 1.165) is 34.2 Å². The maximum absolute atomic E-state index is 11.8. The Labute approximate surface area is 147 Å². The zero-order valence-corrected chi connectivity index (χ0v) is 14.5. The van der Waals surface area contributed by atoms with Gasteiger partial charge in [0.25, 0.3) is 0 Å². The van der Waals surface area contributed by atoms with Gasteiger partial charge < -0.3 is 4.74 Å². The maximum atomic E-state index is 11.8. The van der Waals surface area contributed by atoms with Crippen molar-refractivity contribution in [3.8, 4) is 17.1 Å². The molecule has 1 aromatic heterocycles. The average molecular weight is 386 g/mol. The molecule has 1 aliphatic rings. The first-order valence-corrected chi connectivity index (χ1v) is 8.66. The quantitative estimate of drug-likeness (QED) is 0.749. The summed E-state index contributed by atoms with van der Waals surface area (Å²) in [5, 5.41) is 6.71. The number of aryl methyl sites for hydroxylation is 1. The first-order valence-electron chi connectivity index (χ1n) is 7.86. The summed E-state index contributed by atoms with van der Waals surface area (Å²) in [7, 11) is 0. The molecule has 0 spiro atoms. The number of H-pyrrole nitrogens is 1. The van der Waals surface area contributed by atoms with E-state index in [0.29, 0.717) is 19.0 Å². The van der Waals surface area contributed by atoms with Crippen molar-refractivity contribution in [3.63, 3.8) is 0 Å². The topological polar surface area (TPSA) is 59.9 Å². The van der Waals surface area contributed by atoms with Crippen LogP contribution in [0.25, 0.3) is 11.4 Å². The lowest BCUT2D eigenvalue weighted by molar-refractivity contribution is 0.306. The van der Waals surface area contributed by atoms with Gasteiger partial charge in [0.2, 0.25) is 0 Å². The summed E-state index contributed by atoms with van der Waals surface area (Å²) in [6.45, 7) is 1.22. The van der Waals surface area contributed by atoms with Crippen LogP contribution in [0.2, 0.25) is 0 Å². The molecule has 6 heteroatoms. The van der Waals surface area contributed by atoms with Crippen LogP contribution in [0.15, 0.2) is 51.7 Å². The van der Waals surface area contributed by atoms with Gasteiger partial charge in [0, 0.05) is 16.6 Å². The lowest BCUT2D eigenvalue weighted by Crippen LogP contribution is -2.16. The zero-order chi connectivity index (χ0) is 16.5. The monoisotopic (exact) mass is 385 g/mol. The highest BCUT2D eigenvalue weighted by atomic mass is 79.9. The SMILES string of the molecule is O=c1[nH]nc2n1CCCc1cc(OCc3ccc(Br)cc3)ccc1-2. The Balaban J connectivity index is 1.58. The molecule has 2 heterocycles. The fourth-order valence-electron chi connectivity index (χ4n) is 2.99. The van der Waals surface area contributed by atoms with E-state index in [4.69, 9.17) is 4.74 Å². The first-order chi connectivity index (χ1) is 11.7. The van der Waals surface area contributed by atoms with Gasteiger partial charge in [-0.25, -0.2) is 9.89 Å². The van der Waals surface area contributed by atoms with Gasteiger partial charge in [-0.3, -0.25) is 4.57 Å². The zero-order valence-electron chi connectivity index (χ0n) is 13.0. The van der Waals surface area contributed by atoms with Gasteiger partial charge >= 0.3 is 5.69 Å². The molecule has 0 saturated heterocycles. The molecule has 0 saturated carbocycles. The van der Waals surface area contributed by atoms with Crippen LogP contribution < -0.4 is 10.4 Å². The summed E-state index contributed by atoms with van der Waals surface area (Å²) in [6, 6.07) is 14.1. The predicted molar refractivity (Wildman–Crippen MR) is 95.1 cm³/mol. The third-order valence-electron chi connectivity index (χ3n) is 4.22. The molecule has 1 N–H and O–H groups in total. The molecule has 5 nitrogen and oxygen atoms in total. The lowest BCUT2D eigenvalue weighted by Gasteiger charge is -2.10. The van der Waals surface area contributed by atoms with E-state index in [2.05, 4.69) is 32.2 Å². The Morgan fingerprint density at radius 3 is 2.88 bits per heavy atom. The van der Waals surface area contributed by atoms with Gasteiger partial charge in [-0.2, -0.15) is 5.10 Å². The Bertz CT molecular complexity index is 928. The predicted octanol–water partition coefficient (Wildman–Crippen LogP) is 3.53. The molecule has 0 aliphatic carbocycles. The minimum atomic E-state index is -0.145. The van der Waals surface area contributed by atoms with Crippen molar-refractivity contribution in [2.24, 2.45) is 0 Å². The standard InChI is InChI=1S/C18H16BrN3O2/c19-14-5-3-12(4-6-14)11-24-15-7-8-16-13(10-15)2-1-9-22-17(16)20-21-18(22)23/h3-8,10H,1-2,9,11H2,(H,21,23). The van der Waals surface area contributed by atoms with E-state index in [1.807, 2.05) is 36.4 Å². The van der Waals surface area contributed by atoms with Gasteiger partial charge in [0.15, 0.2) is 5.82 Å². The van der Waals surface area contributed by atoms with Crippen molar-refractivity contribution in [2.45, 2.75) is 26.0 Å². The molecular weight excluding hydrogens is 370 g/mol. The first kappa shape index (κ1) is 15.2. The van der Waals surface area contributed by atoms with Gasteiger partial charge in [-0.1, -0.05) is 28.1 Å². The summed E-state index contributed by atoms with van der Waals surface area (Å²) < 4.78 is 8.68. The van der Waals surface area contributed by atoms with E-state index < -0.39 is 0 Å². The molecule has 0 radical (unpaired) electrons. The van der Waals surface area contributed by atoms with Crippen LogP contribution in [0.1, 0.15) is 17.5 Å². The summed E-state index contributed by atoms with van der Waals surface area (Å²) in [4.78, 5) is 11.8. The molecule has 4 rings (SSSR count). The number of nitrogens with zero attached hydrogens (tertiary/aromatic N) is 2.